The Morgan fingerprint density at radius 1 is 0.821 bits per heavy atom. The van der Waals surface area contributed by atoms with Gasteiger partial charge in [0.2, 0.25) is 0 Å². The highest BCUT2D eigenvalue weighted by molar-refractivity contribution is 5.76. The fourth-order valence-corrected chi connectivity index (χ4v) is 3.77. The largest absolute Gasteiger partial charge is 0.461 e. The van der Waals surface area contributed by atoms with Gasteiger partial charge in [-0.1, -0.05) is 66.1 Å². The van der Waals surface area contributed by atoms with Gasteiger partial charge in [-0.15, -0.1) is 0 Å². The van der Waals surface area contributed by atoms with E-state index in [4.69, 9.17) is 9.47 Å². The Kier molecular flexibility index (Phi) is 6.85. The van der Waals surface area contributed by atoms with Crippen molar-refractivity contribution in [3.8, 4) is 0 Å². The first kappa shape index (κ1) is 20.1. The molecule has 0 aliphatic heterocycles. The summed E-state index contributed by atoms with van der Waals surface area (Å²) in [7, 11) is 0. The van der Waals surface area contributed by atoms with Crippen molar-refractivity contribution in [1.29, 1.82) is 0 Å². The average Bonchev–Trinajstić information content (AvgIpc) is 2.70. The minimum atomic E-state index is -0.227. The fraction of sp³-hybridized carbons (Fsp3) is 0.417. The van der Waals surface area contributed by atoms with E-state index in [-0.39, 0.29) is 37.0 Å². The Labute approximate surface area is 166 Å². The van der Waals surface area contributed by atoms with Crippen molar-refractivity contribution in [3.63, 3.8) is 0 Å². The number of ether oxygens (including phenoxy) is 2. The lowest BCUT2D eigenvalue weighted by atomic mass is 9.81. The van der Waals surface area contributed by atoms with Gasteiger partial charge >= 0.3 is 11.9 Å². The summed E-state index contributed by atoms with van der Waals surface area (Å²) in [6.07, 6.45) is 2.90. The zero-order valence-corrected chi connectivity index (χ0v) is 16.6. The van der Waals surface area contributed by atoms with E-state index in [1.165, 1.54) is 0 Å². The molecule has 2 unspecified atom stereocenters. The van der Waals surface area contributed by atoms with Crippen LogP contribution >= 0.6 is 0 Å². The molecule has 4 heteroatoms. The summed E-state index contributed by atoms with van der Waals surface area (Å²) < 4.78 is 11.0. The highest BCUT2D eigenvalue weighted by atomic mass is 16.5. The second-order valence-electron chi connectivity index (χ2n) is 7.75. The van der Waals surface area contributed by atoms with E-state index in [1.54, 1.807) is 0 Å². The van der Waals surface area contributed by atoms with Crippen LogP contribution in [0.2, 0.25) is 0 Å². The van der Waals surface area contributed by atoms with Gasteiger partial charge in [-0.25, -0.2) is 0 Å². The fourth-order valence-electron chi connectivity index (χ4n) is 3.77. The maximum atomic E-state index is 12.5. The first-order valence-electron chi connectivity index (χ1n) is 9.95. The van der Waals surface area contributed by atoms with Crippen LogP contribution in [-0.4, -0.2) is 11.9 Å². The topological polar surface area (TPSA) is 52.6 Å². The highest BCUT2D eigenvalue weighted by Gasteiger charge is 2.33. The van der Waals surface area contributed by atoms with E-state index in [2.05, 4.69) is 0 Å². The first-order valence-corrected chi connectivity index (χ1v) is 9.95. The van der Waals surface area contributed by atoms with Gasteiger partial charge < -0.3 is 9.47 Å². The van der Waals surface area contributed by atoms with Crippen molar-refractivity contribution in [3.05, 3.63) is 70.8 Å². The third-order valence-electron chi connectivity index (χ3n) is 5.27. The Hall–Kier alpha value is -2.62. The maximum Gasteiger partial charge on any atom is 0.309 e. The molecule has 0 radical (unpaired) electrons. The van der Waals surface area contributed by atoms with Crippen LogP contribution in [0.3, 0.4) is 0 Å². The lowest BCUT2D eigenvalue weighted by Crippen LogP contribution is -2.29. The molecule has 1 fully saturated rings. The van der Waals surface area contributed by atoms with Gasteiger partial charge in [0.15, 0.2) is 0 Å². The zero-order chi connectivity index (χ0) is 19.9. The minimum Gasteiger partial charge on any atom is -0.461 e. The van der Waals surface area contributed by atoms with Crippen LogP contribution in [0.1, 0.15) is 47.9 Å². The van der Waals surface area contributed by atoms with Crippen molar-refractivity contribution in [1.82, 2.24) is 0 Å². The van der Waals surface area contributed by atoms with Crippen LogP contribution in [0, 0.1) is 25.7 Å². The molecule has 2 aromatic rings. The van der Waals surface area contributed by atoms with Gasteiger partial charge in [0.05, 0.1) is 11.8 Å². The van der Waals surface area contributed by atoms with E-state index in [0.29, 0.717) is 6.42 Å². The molecular weight excluding hydrogens is 352 g/mol. The van der Waals surface area contributed by atoms with Crippen LogP contribution in [0.5, 0.6) is 0 Å². The lowest BCUT2D eigenvalue weighted by Gasteiger charge is -2.26. The smallest absolute Gasteiger partial charge is 0.309 e. The van der Waals surface area contributed by atoms with Gasteiger partial charge in [-0.05, 0) is 44.2 Å². The van der Waals surface area contributed by atoms with Gasteiger partial charge in [0.25, 0.3) is 0 Å². The average molecular weight is 380 g/mol. The second kappa shape index (κ2) is 9.54. The molecule has 2 aromatic carbocycles. The van der Waals surface area contributed by atoms with E-state index in [0.717, 1.165) is 41.5 Å². The van der Waals surface area contributed by atoms with Crippen LogP contribution < -0.4 is 0 Å². The maximum absolute atomic E-state index is 12.5. The number of carbonyl (C=O) groups excluding carboxylic acids is 2. The molecule has 28 heavy (non-hydrogen) atoms. The zero-order valence-electron chi connectivity index (χ0n) is 16.6. The predicted molar refractivity (Wildman–Crippen MR) is 107 cm³/mol. The number of hydrogen-bond acceptors (Lipinski definition) is 4. The Morgan fingerprint density at radius 3 is 1.71 bits per heavy atom. The lowest BCUT2D eigenvalue weighted by molar-refractivity contribution is -0.156. The number of aryl methyl sites for hydroxylation is 2. The molecule has 0 amide bonds. The molecule has 0 bridgehead atoms. The summed E-state index contributed by atoms with van der Waals surface area (Å²) in [5.41, 5.74) is 4.25. The van der Waals surface area contributed by atoms with E-state index < -0.39 is 0 Å². The molecule has 0 aromatic heterocycles. The SMILES string of the molecule is Cc1cccc(COC(=O)C2CCCC(C(=O)OCc3cccc(C)c3)C2)c1. The Balaban J connectivity index is 1.48. The third-order valence-corrected chi connectivity index (χ3v) is 5.27. The van der Waals surface area contributed by atoms with E-state index in [9.17, 15) is 9.59 Å². The highest BCUT2D eigenvalue weighted by Crippen LogP contribution is 2.31. The molecule has 1 aliphatic rings. The molecule has 1 saturated carbocycles. The van der Waals surface area contributed by atoms with Crippen molar-refractivity contribution in [2.45, 2.75) is 52.7 Å². The van der Waals surface area contributed by atoms with Gasteiger partial charge in [-0.2, -0.15) is 0 Å². The van der Waals surface area contributed by atoms with Crippen LogP contribution in [0.25, 0.3) is 0 Å². The molecule has 148 valence electrons. The molecule has 0 saturated heterocycles. The summed E-state index contributed by atoms with van der Waals surface area (Å²) in [4.78, 5) is 24.9. The summed E-state index contributed by atoms with van der Waals surface area (Å²) in [6.45, 7) is 4.58. The number of hydrogen-bond donors (Lipinski definition) is 0. The van der Waals surface area contributed by atoms with Crippen molar-refractivity contribution in [2.24, 2.45) is 11.8 Å². The second-order valence-corrected chi connectivity index (χ2v) is 7.75. The number of carbonyl (C=O) groups is 2. The normalized spacial score (nSPS) is 19.1. The number of benzene rings is 2. The first-order chi connectivity index (χ1) is 13.5. The standard InChI is InChI=1S/C24H28O4/c1-17-6-3-8-19(12-17)15-27-23(25)21-10-5-11-22(14-21)24(26)28-16-20-9-4-7-18(2)13-20/h3-4,6-9,12-13,21-22H,5,10-11,14-16H2,1-2H3. The Bertz CT molecular complexity index is 759. The molecule has 2 atom stereocenters. The quantitative estimate of drug-likeness (QED) is 0.669. The summed E-state index contributed by atoms with van der Waals surface area (Å²) in [5.74, 6) is -0.875. The number of esters is 2. The monoisotopic (exact) mass is 380 g/mol. The van der Waals surface area contributed by atoms with Crippen LogP contribution in [0.15, 0.2) is 48.5 Å². The molecule has 0 heterocycles. The predicted octanol–water partition coefficient (Wildman–Crippen LogP) is 4.90. The summed E-state index contributed by atoms with van der Waals surface area (Å²) >= 11 is 0. The molecule has 0 N–H and O–H groups in total. The van der Waals surface area contributed by atoms with Gasteiger partial charge in [0.1, 0.15) is 13.2 Å². The summed E-state index contributed by atoms with van der Waals surface area (Å²) in [6, 6.07) is 15.9. The third kappa shape index (κ3) is 5.69. The van der Waals surface area contributed by atoms with Crippen molar-refractivity contribution in [2.75, 3.05) is 0 Å². The van der Waals surface area contributed by atoms with Crippen LogP contribution in [-0.2, 0) is 32.3 Å². The van der Waals surface area contributed by atoms with E-state index >= 15 is 0 Å². The Morgan fingerprint density at radius 2 is 1.29 bits per heavy atom. The van der Waals surface area contributed by atoms with Gasteiger partial charge in [-0.3, -0.25) is 9.59 Å². The minimum absolute atomic E-state index is 0.210. The molecule has 1 aliphatic carbocycles. The molecule has 3 rings (SSSR count). The summed E-state index contributed by atoms with van der Waals surface area (Å²) in [5, 5.41) is 0. The van der Waals surface area contributed by atoms with E-state index in [1.807, 2.05) is 62.4 Å². The van der Waals surface area contributed by atoms with Crippen molar-refractivity contribution < 1.29 is 19.1 Å². The van der Waals surface area contributed by atoms with Crippen LogP contribution in [0.4, 0.5) is 0 Å². The number of rotatable bonds is 6. The molecule has 0 spiro atoms. The van der Waals surface area contributed by atoms with Crippen molar-refractivity contribution >= 4 is 11.9 Å². The molecular formula is C24H28O4. The molecule has 4 nitrogen and oxygen atoms in total. The van der Waals surface area contributed by atoms with Gasteiger partial charge in [0, 0.05) is 0 Å².